The van der Waals surface area contributed by atoms with Gasteiger partial charge in [0.1, 0.15) is 0 Å². The smallest absolute Gasteiger partial charge is 0.0164 e. The Balaban J connectivity index is 2.04. The van der Waals surface area contributed by atoms with E-state index in [-0.39, 0.29) is 0 Å². The number of rotatable bonds is 0. The van der Waals surface area contributed by atoms with Crippen molar-refractivity contribution >= 4 is 0 Å². The summed E-state index contributed by atoms with van der Waals surface area (Å²) in [4.78, 5) is 0. The summed E-state index contributed by atoms with van der Waals surface area (Å²) in [6.45, 7) is 6.37. The first-order chi connectivity index (χ1) is 4.88. The SMILES string of the molecule is C=C1CNCCC2CCC12. The predicted molar refractivity (Wildman–Crippen MR) is 42.8 cm³/mol. The van der Waals surface area contributed by atoms with Gasteiger partial charge in [-0.3, -0.25) is 0 Å². The predicted octanol–water partition coefficient (Wildman–Crippen LogP) is 1.56. The second-order valence-corrected chi connectivity index (χ2v) is 3.57. The van der Waals surface area contributed by atoms with Crippen molar-refractivity contribution in [2.24, 2.45) is 11.8 Å². The molecule has 0 amide bonds. The number of hydrogen-bond acceptors (Lipinski definition) is 1. The topological polar surface area (TPSA) is 12.0 Å². The van der Waals surface area contributed by atoms with Crippen LogP contribution in [0.2, 0.25) is 0 Å². The zero-order valence-corrected chi connectivity index (χ0v) is 6.40. The molecule has 0 radical (unpaired) electrons. The lowest BCUT2D eigenvalue weighted by Gasteiger charge is -2.36. The van der Waals surface area contributed by atoms with Crippen molar-refractivity contribution in [3.63, 3.8) is 0 Å². The molecule has 1 aliphatic carbocycles. The molecule has 2 rings (SSSR count). The van der Waals surface area contributed by atoms with Gasteiger partial charge < -0.3 is 5.32 Å². The standard InChI is InChI=1S/C9H15N/c1-7-6-10-5-4-8-2-3-9(7)8/h8-10H,1-6H2. The van der Waals surface area contributed by atoms with Crippen LogP contribution in [0.5, 0.6) is 0 Å². The third kappa shape index (κ3) is 0.891. The first-order valence-corrected chi connectivity index (χ1v) is 4.26. The summed E-state index contributed by atoms with van der Waals surface area (Å²) in [5, 5.41) is 3.40. The quantitative estimate of drug-likeness (QED) is 0.500. The monoisotopic (exact) mass is 137 g/mol. The van der Waals surface area contributed by atoms with Gasteiger partial charge in [-0.05, 0) is 37.6 Å². The highest BCUT2D eigenvalue weighted by atomic mass is 14.9. The van der Waals surface area contributed by atoms with Gasteiger partial charge in [-0.2, -0.15) is 0 Å². The largest absolute Gasteiger partial charge is 0.313 e. The highest BCUT2D eigenvalue weighted by Crippen LogP contribution is 2.41. The van der Waals surface area contributed by atoms with E-state index in [9.17, 15) is 0 Å². The Labute approximate surface area is 62.5 Å². The Hall–Kier alpha value is -0.300. The van der Waals surface area contributed by atoms with Crippen LogP contribution in [0.25, 0.3) is 0 Å². The Morgan fingerprint density at radius 3 is 2.90 bits per heavy atom. The van der Waals surface area contributed by atoms with Crippen molar-refractivity contribution in [1.29, 1.82) is 0 Å². The molecule has 56 valence electrons. The summed E-state index contributed by atoms with van der Waals surface area (Å²) in [7, 11) is 0. The summed E-state index contributed by atoms with van der Waals surface area (Å²) >= 11 is 0. The van der Waals surface area contributed by atoms with E-state index in [2.05, 4.69) is 11.9 Å². The van der Waals surface area contributed by atoms with Crippen molar-refractivity contribution < 1.29 is 0 Å². The maximum Gasteiger partial charge on any atom is 0.0164 e. The molecule has 2 atom stereocenters. The zero-order chi connectivity index (χ0) is 6.97. The molecule has 1 aliphatic heterocycles. The van der Waals surface area contributed by atoms with Gasteiger partial charge in [0.2, 0.25) is 0 Å². The highest BCUT2D eigenvalue weighted by molar-refractivity contribution is 5.10. The van der Waals surface area contributed by atoms with Crippen molar-refractivity contribution in [2.45, 2.75) is 19.3 Å². The average Bonchev–Trinajstić information content (AvgIpc) is 1.92. The fraction of sp³-hybridized carbons (Fsp3) is 0.778. The highest BCUT2D eigenvalue weighted by Gasteiger charge is 2.33. The minimum Gasteiger partial charge on any atom is -0.313 e. The van der Waals surface area contributed by atoms with Gasteiger partial charge in [-0.1, -0.05) is 12.2 Å². The Morgan fingerprint density at radius 1 is 1.30 bits per heavy atom. The number of fused-ring (bicyclic) bond motifs is 1. The van der Waals surface area contributed by atoms with Crippen molar-refractivity contribution in [1.82, 2.24) is 5.32 Å². The van der Waals surface area contributed by atoms with E-state index in [1.165, 1.54) is 31.4 Å². The van der Waals surface area contributed by atoms with E-state index < -0.39 is 0 Å². The molecule has 0 aromatic carbocycles. The summed E-state index contributed by atoms with van der Waals surface area (Å²) < 4.78 is 0. The molecule has 1 heterocycles. The third-order valence-electron chi connectivity index (χ3n) is 2.99. The Morgan fingerprint density at radius 2 is 2.20 bits per heavy atom. The van der Waals surface area contributed by atoms with Crippen LogP contribution in [-0.4, -0.2) is 13.1 Å². The molecule has 0 aromatic rings. The molecule has 1 nitrogen and oxygen atoms in total. The first-order valence-electron chi connectivity index (χ1n) is 4.26. The van der Waals surface area contributed by atoms with Gasteiger partial charge in [0.25, 0.3) is 0 Å². The summed E-state index contributed by atoms with van der Waals surface area (Å²) in [5.74, 6) is 1.87. The average molecular weight is 137 g/mol. The molecule has 0 spiro atoms. The summed E-state index contributed by atoms with van der Waals surface area (Å²) in [5.41, 5.74) is 1.45. The molecule has 0 bridgehead atoms. The molecule has 1 N–H and O–H groups in total. The minimum atomic E-state index is 0.884. The second kappa shape index (κ2) is 2.39. The molecule has 1 saturated heterocycles. The van der Waals surface area contributed by atoms with Crippen molar-refractivity contribution in [3.8, 4) is 0 Å². The lowest BCUT2D eigenvalue weighted by Crippen LogP contribution is -2.26. The van der Waals surface area contributed by atoms with Crippen LogP contribution >= 0.6 is 0 Å². The van der Waals surface area contributed by atoms with Crippen molar-refractivity contribution in [3.05, 3.63) is 12.2 Å². The van der Waals surface area contributed by atoms with Crippen LogP contribution in [0.3, 0.4) is 0 Å². The second-order valence-electron chi connectivity index (χ2n) is 3.57. The van der Waals surface area contributed by atoms with Gasteiger partial charge >= 0.3 is 0 Å². The summed E-state index contributed by atoms with van der Waals surface area (Å²) in [6, 6.07) is 0. The van der Waals surface area contributed by atoms with E-state index in [0.29, 0.717) is 0 Å². The molecule has 0 aromatic heterocycles. The van der Waals surface area contributed by atoms with Gasteiger partial charge in [0, 0.05) is 6.54 Å². The maximum absolute atomic E-state index is 4.09. The van der Waals surface area contributed by atoms with Gasteiger partial charge in [0.05, 0.1) is 0 Å². The van der Waals surface area contributed by atoms with E-state index >= 15 is 0 Å². The number of hydrogen-bond donors (Lipinski definition) is 1. The van der Waals surface area contributed by atoms with Crippen LogP contribution in [0.4, 0.5) is 0 Å². The molecule has 2 aliphatic rings. The maximum atomic E-state index is 4.09. The lowest BCUT2D eigenvalue weighted by molar-refractivity contribution is 0.211. The molecule has 2 fully saturated rings. The molecule has 2 unspecified atom stereocenters. The van der Waals surface area contributed by atoms with Crippen LogP contribution in [0, 0.1) is 11.8 Å². The third-order valence-corrected chi connectivity index (χ3v) is 2.99. The zero-order valence-electron chi connectivity index (χ0n) is 6.40. The lowest BCUT2D eigenvalue weighted by atomic mass is 9.69. The van der Waals surface area contributed by atoms with Crippen LogP contribution < -0.4 is 5.32 Å². The van der Waals surface area contributed by atoms with Crippen LogP contribution in [0.1, 0.15) is 19.3 Å². The van der Waals surface area contributed by atoms with E-state index in [1.54, 1.807) is 0 Å². The molecular formula is C9H15N. The van der Waals surface area contributed by atoms with Crippen LogP contribution in [-0.2, 0) is 0 Å². The van der Waals surface area contributed by atoms with Gasteiger partial charge in [-0.15, -0.1) is 0 Å². The Bertz CT molecular complexity index is 151. The molecular weight excluding hydrogens is 122 g/mol. The van der Waals surface area contributed by atoms with Crippen LogP contribution in [0.15, 0.2) is 12.2 Å². The fourth-order valence-electron chi connectivity index (χ4n) is 2.12. The first kappa shape index (κ1) is 6.41. The summed E-state index contributed by atoms with van der Waals surface area (Å²) in [6.07, 6.45) is 4.24. The minimum absolute atomic E-state index is 0.884. The molecule has 1 saturated carbocycles. The van der Waals surface area contributed by atoms with Gasteiger partial charge in [0.15, 0.2) is 0 Å². The molecule has 10 heavy (non-hydrogen) atoms. The normalized spacial score (nSPS) is 39.8. The fourth-order valence-corrected chi connectivity index (χ4v) is 2.12. The van der Waals surface area contributed by atoms with E-state index in [4.69, 9.17) is 0 Å². The van der Waals surface area contributed by atoms with Crippen molar-refractivity contribution in [2.75, 3.05) is 13.1 Å². The van der Waals surface area contributed by atoms with E-state index in [0.717, 1.165) is 18.4 Å². The number of nitrogens with one attached hydrogen (secondary N) is 1. The van der Waals surface area contributed by atoms with Gasteiger partial charge in [-0.25, -0.2) is 0 Å². The molecule has 1 heteroatoms. The Kier molecular flexibility index (Phi) is 1.53. The van der Waals surface area contributed by atoms with E-state index in [1.807, 2.05) is 0 Å².